The molecule has 7 heteroatoms. The standard InChI is InChI=1S/C10H12N2O3S2/c1-7-4-16-9(12-7)8(13)10(5-11)2-3-17(14,15)6-10/h4,8,13H,2-3,6H2,1H3. The van der Waals surface area contributed by atoms with Gasteiger partial charge in [0, 0.05) is 11.1 Å². The summed E-state index contributed by atoms with van der Waals surface area (Å²) in [5.74, 6) is -0.321. The molecule has 2 atom stereocenters. The molecule has 1 aliphatic heterocycles. The van der Waals surface area contributed by atoms with E-state index in [2.05, 4.69) is 4.98 Å². The smallest absolute Gasteiger partial charge is 0.152 e. The van der Waals surface area contributed by atoms with Crippen molar-refractivity contribution in [2.45, 2.75) is 19.4 Å². The fourth-order valence-electron chi connectivity index (χ4n) is 1.97. The molecule has 1 aliphatic rings. The summed E-state index contributed by atoms with van der Waals surface area (Å²) in [5.41, 5.74) is -0.471. The summed E-state index contributed by atoms with van der Waals surface area (Å²) in [4.78, 5) is 4.12. The van der Waals surface area contributed by atoms with Crippen LogP contribution in [0.1, 0.15) is 23.2 Å². The Morgan fingerprint density at radius 2 is 2.41 bits per heavy atom. The summed E-state index contributed by atoms with van der Waals surface area (Å²) < 4.78 is 22.9. The maximum atomic E-state index is 11.5. The van der Waals surface area contributed by atoms with E-state index in [0.29, 0.717) is 5.01 Å². The van der Waals surface area contributed by atoms with Gasteiger partial charge in [0.25, 0.3) is 0 Å². The molecule has 1 aromatic rings. The normalized spacial score (nSPS) is 28.8. The number of thiazole rings is 1. The first-order valence-corrected chi connectivity index (χ1v) is 7.80. The summed E-state index contributed by atoms with van der Waals surface area (Å²) in [6, 6.07) is 1.98. The van der Waals surface area contributed by atoms with Crippen molar-refractivity contribution in [3.63, 3.8) is 0 Å². The number of nitriles is 1. The summed E-state index contributed by atoms with van der Waals surface area (Å²) in [6.07, 6.45) is -0.950. The largest absolute Gasteiger partial charge is 0.384 e. The highest BCUT2D eigenvalue weighted by Crippen LogP contribution is 2.43. The molecule has 0 radical (unpaired) electrons. The topological polar surface area (TPSA) is 91.0 Å². The number of nitrogens with zero attached hydrogens (tertiary/aromatic N) is 2. The highest BCUT2D eigenvalue weighted by atomic mass is 32.2. The van der Waals surface area contributed by atoms with Crippen molar-refractivity contribution in [2.75, 3.05) is 11.5 Å². The van der Waals surface area contributed by atoms with E-state index in [1.807, 2.05) is 6.07 Å². The van der Waals surface area contributed by atoms with Crippen LogP contribution in [0.5, 0.6) is 0 Å². The van der Waals surface area contributed by atoms with Crippen molar-refractivity contribution in [2.24, 2.45) is 5.41 Å². The zero-order valence-corrected chi connectivity index (χ0v) is 10.9. The molecule has 1 aromatic heterocycles. The van der Waals surface area contributed by atoms with Gasteiger partial charge in [-0.25, -0.2) is 13.4 Å². The van der Waals surface area contributed by atoms with Crippen molar-refractivity contribution in [3.8, 4) is 6.07 Å². The van der Waals surface area contributed by atoms with Crippen LogP contribution in [0.25, 0.3) is 0 Å². The Hall–Kier alpha value is -0.970. The molecule has 17 heavy (non-hydrogen) atoms. The van der Waals surface area contributed by atoms with Crippen LogP contribution in [-0.2, 0) is 9.84 Å². The van der Waals surface area contributed by atoms with Crippen molar-refractivity contribution in [1.82, 2.24) is 4.98 Å². The van der Waals surface area contributed by atoms with Gasteiger partial charge in [-0.2, -0.15) is 5.26 Å². The molecule has 2 heterocycles. The molecule has 1 N–H and O–H groups in total. The van der Waals surface area contributed by atoms with Crippen LogP contribution in [0, 0.1) is 23.7 Å². The second kappa shape index (κ2) is 4.05. The summed E-state index contributed by atoms with van der Waals surface area (Å²) >= 11 is 1.25. The second-order valence-electron chi connectivity index (χ2n) is 4.34. The van der Waals surface area contributed by atoms with Crippen molar-refractivity contribution < 1.29 is 13.5 Å². The Morgan fingerprint density at radius 3 is 2.82 bits per heavy atom. The molecule has 0 aliphatic carbocycles. The van der Waals surface area contributed by atoms with E-state index in [1.165, 1.54) is 11.3 Å². The van der Waals surface area contributed by atoms with Gasteiger partial charge in [0.15, 0.2) is 9.84 Å². The van der Waals surface area contributed by atoms with Crippen molar-refractivity contribution >= 4 is 21.2 Å². The van der Waals surface area contributed by atoms with Crippen LogP contribution >= 0.6 is 11.3 Å². The maximum absolute atomic E-state index is 11.5. The summed E-state index contributed by atoms with van der Waals surface area (Å²) in [5, 5.41) is 21.6. The zero-order chi connectivity index (χ0) is 12.7. The number of aryl methyl sites for hydroxylation is 1. The lowest BCUT2D eigenvalue weighted by Crippen LogP contribution is -2.28. The number of aromatic nitrogens is 1. The lowest BCUT2D eigenvalue weighted by Gasteiger charge is -2.23. The molecule has 2 rings (SSSR count). The molecule has 0 aromatic carbocycles. The zero-order valence-electron chi connectivity index (χ0n) is 9.25. The molecule has 0 amide bonds. The Kier molecular flexibility index (Phi) is 2.97. The minimum absolute atomic E-state index is 0.0397. The van der Waals surface area contributed by atoms with Crippen LogP contribution in [0.4, 0.5) is 0 Å². The average molecular weight is 272 g/mol. The summed E-state index contributed by atoms with van der Waals surface area (Å²) in [7, 11) is -3.22. The van der Waals surface area contributed by atoms with Crippen molar-refractivity contribution in [1.29, 1.82) is 5.26 Å². The third-order valence-electron chi connectivity index (χ3n) is 2.95. The molecule has 1 fully saturated rings. The Bertz CT molecular complexity index is 573. The predicted molar refractivity (Wildman–Crippen MR) is 63.1 cm³/mol. The van der Waals surface area contributed by atoms with Crippen LogP contribution < -0.4 is 0 Å². The van der Waals surface area contributed by atoms with E-state index in [4.69, 9.17) is 0 Å². The van der Waals surface area contributed by atoms with E-state index >= 15 is 0 Å². The fraction of sp³-hybridized carbons (Fsp3) is 0.600. The van der Waals surface area contributed by atoms with Gasteiger partial charge in [-0.15, -0.1) is 11.3 Å². The Labute approximate surface area is 104 Å². The van der Waals surface area contributed by atoms with Gasteiger partial charge in [-0.1, -0.05) is 0 Å². The van der Waals surface area contributed by atoms with Gasteiger partial charge in [-0.3, -0.25) is 0 Å². The molecule has 0 spiro atoms. The first-order chi connectivity index (χ1) is 7.88. The minimum atomic E-state index is -3.22. The van der Waals surface area contributed by atoms with E-state index < -0.39 is 21.4 Å². The second-order valence-corrected chi connectivity index (χ2v) is 7.41. The lowest BCUT2D eigenvalue weighted by molar-refractivity contribution is 0.0790. The number of hydrogen-bond donors (Lipinski definition) is 1. The average Bonchev–Trinajstić information content (AvgIpc) is 2.82. The molecule has 92 valence electrons. The molecule has 0 saturated carbocycles. The van der Waals surface area contributed by atoms with Crippen LogP contribution in [0.15, 0.2) is 5.38 Å². The Morgan fingerprint density at radius 1 is 1.71 bits per heavy atom. The van der Waals surface area contributed by atoms with Gasteiger partial charge in [0.2, 0.25) is 0 Å². The fourth-order valence-corrected chi connectivity index (χ4v) is 4.84. The molecule has 2 unspecified atom stereocenters. The predicted octanol–water partition coefficient (Wildman–Crippen LogP) is 0.813. The van der Waals surface area contributed by atoms with Crippen LogP contribution in [0.2, 0.25) is 0 Å². The maximum Gasteiger partial charge on any atom is 0.152 e. The number of rotatable bonds is 2. The molecular formula is C10H12N2O3S2. The number of sulfone groups is 1. The Balaban J connectivity index is 2.35. The van der Waals surface area contributed by atoms with Crippen molar-refractivity contribution in [3.05, 3.63) is 16.1 Å². The number of aliphatic hydroxyl groups is 1. The van der Waals surface area contributed by atoms with E-state index in [9.17, 15) is 18.8 Å². The van der Waals surface area contributed by atoms with Crippen LogP contribution in [-0.4, -0.2) is 30.0 Å². The van der Waals surface area contributed by atoms with E-state index in [1.54, 1.807) is 12.3 Å². The first kappa shape index (κ1) is 12.5. The third kappa shape index (κ3) is 2.20. The van der Waals surface area contributed by atoms with E-state index in [0.717, 1.165) is 5.69 Å². The molecule has 0 bridgehead atoms. The SMILES string of the molecule is Cc1csc(C(O)C2(C#N)CCS(=O)(=O)C2)n1. The quantitative estimate of drug-likeness (QED) is 0.860. The third-order valence-corrected chi connectivity index (χ3v) is 5.75. The first-order valence-electron chi connectivity index (χ1n) is 5.10. The monoisotopic (exact) mass is 272 g/mol. The highest BCUT2D eigenvalue weighted by molar-refractivity contribution is 7.91. The van der Waals surface area contributed by atoms with Gasteiger partial charge >= 0.3 is 0 Å². The van der Waals surface area contributed by atoms with Gasteiger partial charge in [0.1, 0.15) is 16.5 Å². The molecular weight excluding hydrogens is 260 g/mol. The molecule has 5 nitrogen and oxygen atoms in total. The van der Waals surface area contributed by atoms with Gasteiger partial charge in [-0.05, 0) is 13.3 Å². The highest BCUT2D eigenvalue weighted by Gasteiger charge is 2.49. The van der Waals surface area contributed by atoms with E-state index in [-0.39, 0.29) is 17.9 Å². The van der Waals surface area contributed by atoms with Crippen LogP contribution in [0.3, 0.4) is 0 Å². The van der Waals surface area contributed by atoms with Gasteiger partial charge < -0.3 is 5.11 Å². The number of hydrogen-bond acceptors (Lipinski definition) is 6. The van der Waals surface area contributed by atoms with Gasteiger partial charge in [0.05, 0.1) is 17.6 Å². The molecule has 1 saturated heterocycles. The minimum Gasteiger partial charge on any atom is -0.384 e. The lowest BCUT2D eigenvalue weighted by atomic mass is 9.83. The number of aliphatic hydroxyl groups excluding tert-OH is 1. The summed E-state index contributed by atoms with van der Waals surface area (Å²) in [6.45, 7) is 1.79.